The Bertz CT molecular complexity index is 956. The lowest BCUT2D eigenvalue weighted by atomic mass is 10.2. The SMILES string of the molecule is COc1ccc2ccc(NC(=O)c3cccc(OC(C)=O)c3)nc2n1. The Labute approximate surface area is 143 Å². The monoisotopic (exact) mass is 337 g/mol. The summed E-state index contributed by atoms with van der Waals surface area (Å²) in [5, 5.41) is 3.53. The van der Waals surface area contributed by atoms with Crippen LogP contribution < -0.4 is 14.8 Å². The molecule has 0 unspecified atom stereocenters. The van der Waals surface area contributed by atoms with Gasteiger partial charge in [-0.05, 0) is 36.4 Å². The van der Waals surface area contributed by atoms with Crippen LogP contribution in [0, 0.1) is 0 Å². The van der Waals surface area contributed by atoms with Crippen molar-refractivity contribution >= 4 is 28.7 Å². The number of nitrogens with zero attached hydrogens (tertiary/aromatic N) is 2. The maximum Gasteiger partial charge on any atom is 0.308 e. The Balaban J connectivity index is 1.82. The number of hydrogen-bond donors (Lipinski definition) is 1. The number of fused-ring (bicyclic) bond motifs is 1. The number of ether oxygens (including phenoxy) is 2. The fraction of sp³-hybridized carbons (Fsp3) is 0.111. The van der Waals surface area contributed by atoms with E-state index in [1.165, 1.54) is 20.1 Å². The second kappa shape index (κ2) is 6.96. The van der Waals surface area contributed by atoms with Crippen LogP contribution in [0.1, 0.15) is 17.3 Å². The van der Waals surface area contributed by atoms with Gasteiger partial charge in [0.2, 0.25) is 5.88 Å². The van der Waals surface area contributed by atoms with Crippen LogP contribution >= 0.6 is 0 Å². The minimum Gasteiger partial charge on any atom is -0.481 e. The molecule has 1 aromatic carbocycles. The average molecular weight is 337 g/mol. The van der Waals surface area contributed by atoms with E-state index < -0.39 is 5.97 Å². The van der Waals surface area contributed by atoms with Crippen LogP contribution in [-0.4, -0.2) is 29.0 Å². The summed E-state index contributed by atoms with van der Waals surface area (Å²) < 4.78 is 10.1. The van der Waals surface area contributed by atoms with Crippen LogP contribution in [0.15, 0.2) is 48.5 Å². The summed E-state index contributed by atoms with van der Waals surface area (Å²) in [5.74, 6) is 0.282. The van der Waals surface area contributed by atoms with Gasteiger partial charge in [-0.2, -0.15) is 4.98 Å². The molecule has 0 fully saturated rings. The molecule has 7 heteroatoms. The van der Waals surface area contributed by atoms with E-state index in [0.29, 0.717) is 28.7 Å². The van der Waals surface area contributed by atoms with E-state index in [2.05, 4.69) is 15.3 Å². The van der Waals surface area contributed by atoms with Crippen LogP contribution in [0.4, 0.5) is 5.82 Å². The quantitative estimate of drug-likeness (QED) is 0.581. The number of carbonyl (C=O) groups is 2. The van der Waals surface area contributed by atoms with Crippen molar-refractivity contribution in [3.63, 3.8) is 0 Å². The van der Waals surface area contributed by atoms with Gasteiger partial charge in [-0.15, -0.1) is 0 Å². The van der Waals surface area contributed by atoms with E-state index in [4.69, 9.17) is 9.47 Å². The predicted octanol–water partition coefficient (Wildman–Crippen LogP) is 2.82. The maximum atomic E-state index is 12.4. The maximum absolute atomic E-state index is 12.4. The van der Waals surface area contributed by atoms with Gasteiger partial charge in [0.1, 0.15) is 11.6 Å². The number of amides is 1. The van der Waals surface area contributed by atoms with E-state index in [1.807, 2.05) is 6.07 Å². The number of methoxy groups -OCH3 is 1. The normalized spacial score (nSPS) is 10.3. The zero-order valence-corrected chi connectivity index (χ0v) is 13.6. The molecule has 0 radical (unpaired) electrons. The number of esters is 1. The molecule has 0 saturated heterocycles. The zero-order chi connectivity index (χ0) is 17.8. The van der Waals surface area contributed by atoms with Gasteiger partial charge >= 0.3 is 5.97 Å². The first kappa shape index (κ1) is 16.4. The number of rotatable bonds is 4. The molecule has 3 aromatic rings. The molecule has 0 atom stereocenters. The summed E-state index contributed by atoms with van der Waals surface area (Å²) in [4.78, 5) is 31.9. The summed E-state index contributed by atoms with van der Waals surface area (Å²) in [5.41, 5.74) is 0.810. The van der Waals surface area contributed by atoms with Crippen molar-refractivity contribution in [3.8, 4) is 11.6 Å². The average Bonchev–Trinajstić information content (AvgIpc) is 2.60. The Kier molecular flexibility index (Phi) is 4.56. The van der Waals surface area contributed by atoms with E-state index in [1.54, 1.807) is 36.4 Å². The molecule has 2 aromatic heterocycles. The number of benzene rings is 1. The third-order valence-electron chi connectivity index (χ3n) is 3.34. The van der Waals surface area contributed by atoms with Crippen molar-refractivity contribution in [2.75, 3.05) is 12.4 Å². The summed E-state index contributed by atoms with van der Waals surface area (Å²) in [7, 11) is 1.52. The molecule has 7 nitrogen and oxygen atoms in total. The molecular weight excluding hydrogens is 322 g/mol. The van der Waals surface area contributed by atoms with Crippen molar-refractivity contribution in [2.24, 2.45) is 0 Å². The molecule has 3 rings (SSSR count). The second-order valence-electron chi connectivity index (χ2n) is 5.17. The van der Waals surface area contributed by atoms with Crippen LogP contribution in [-0.2, 0) is 4.79 Å². The van der Waals surface area contributed by atoms with E-state index >= 15 is 0 Å². The number of nitrogens with one attached hydrogen (secondary N) is 1. The van der Waals surface area contributed by atoms with E-state index in [9.17, 15) is 9.59 Å². The van der Waals surface area contributed by atoms with Crippen molar-refractivity contribution in [1.82, 2.24) is 9.97 Å². The van der Waals surface area contributed by atoms with Gasteiger partial charge in [-0.1, -0.05) is 6.07 Å². The van der Waals surface area contributed by atoms with Gasteiger partial charge in [-0.3, -0.25) is 9.59 Å². The minimum atomic E-state index is -0.450. The third-order valence-corrected chi connectivity index (χ3v) is 3.34. The van der Waals surface area contributed by atoms with Crippen LogP contribution in [0.3, 0.4) is 0 Å². The minimum absolute atomic E-state index is 0.304. The van der Waals surface area contributed by atoms with Crippen molar-refractivity contribution < 1.29 is 19.1 Å². The highest BCUT2D eigenvalue weighted by Crippen LogP contribution is 2.18. The van der Waals surface area contributed by atoms with Gasteiger partial charge < -0.3 is 14.8 Å². The molecule has 1 N–H and O–H groups in total. The lowest BCUT2D eigenvalue weighted by Crippen LogP contribution is -2.13. The topological polar surface area (TPSA) is 90.4 Å². The van der Waals surface area contributed by atoms with Crippen molar-refractivity contribution in [1.29, 1.82) is 0 Å². The number of hydrogen-bond acceptors (Lipinski definition) is 6. The molecule has 126 valence electrons. The number of pyridine rings is 2. The van der Waals surface area contributed by atoms with Crippen LogP contribution in [0.2, 0.25) is 0 Å². The summed E-state index contributed by atoms with van der Waals surface area (Å²) in [6.07, 6.45) is 0. The van der Waals surface area contributed by atoms with Crippen LogP contribution in [0.25, 0.3) is 11.0 Å². The molecular formula is C18H15N3O4. The molecule has 0 aliphatic carbocycles. The predicted molar refractivity (Wildman–Crippen MR) is 91.8 cm³/mol. The largest absolute Gasteiger partial charge is 0.481 e. The fourth-order valence-corrected chi connectivity index (χ4v) is 2.22. The summed E-state index contributed by atoms with van der Waals surface area (Å²) in [6, 6.07) is 13.4. The van der Waals surface area contributed by atoms with Gasteiger partial charge in [0, 0.05) is 23.9 Å². The summed E-state index contributed by atoms with van der Waals surface area (Å²) >= 11 is 0. The molecule has 0 aliphatic heterocycles. The Morgan fingerprint density at radius 1 is 1.04 bits per heavy atom. The standard InChI is InChI=1S/C18H15N3O4/c1-11(22)25-14-5-3-4-13(10-14)18(23)20-15-8-6-12-7-9-16(24-2)21-17(12)19-15/h3-10H,1-2H3,(H,19,20,21,23). The van der Waals surface area contributed by atoms with Gasteiger partial charge in [-0.25, -0.2) is 4.98 Å². The molecule has 1 amide bonds. The smallest absolute Gasteiger partial charge is 0.308 e. The Morgan fingerprint density at radius 3 is 2.60 bits per heavy atom. The Hall–Kier alpha value is -3.48. The van der Waals surface area contributed by atoms with Crippen molar-refractivity contribution in [3.05, 3.63) is 54.1 Å². The number of anilines is 1. The van der Waals surface area contributed by atoms with E-state index in [-0.39, 0.29) is 5.91 Å². The first-order valence-electron chi connectivity index (χ1n) is 7.47. The lowest BCUT2D eigenvalue weighted by Gasteiger charge is -2.07. The second-order valence-corrected chi connectivity index (χ2v) is 5.17. The molecule has 2 heterocycles. The first-order chi connectivity index (χ1) is 12.0. The van der Waals surface area contributed by atoms with Gasteiger partial charge in [0.25, 0.3) is 5.91 Å². The van der Waals surface area contributed by atoms with Crippen LogP contribution in [0.5, 0.6) is 11.6 Å². The first-order valence-corrected chi connectivity index (χ1v) is 7.47. The summed E-state index contributed by atoms with van der Waals surface area (Å²) in [6.45, 7) is 1.30. The Morgan fingerprint density at radius 2 is 1.84 bits per heavy atom. The van der Waals surface area contributed by atoms with Gasteiger partial charge in [0.15, 0.2) is 5.65 Å². The zero-order valence-electron chi connectivity index (χ0n) is 13.6. The lowest BCUT2D eigenvalue weighted by molar-refractivity contribution is -0.131. The van der Waals surface area contributed by atoms with Crippen molar-refractivity contribution in [2.45, 2.75) is 6.92 Å². The highest BCUT2D eigenvalue weighted by atomic mass is 16.5. The van der Waals surface area contributed by atoms with E-state index in [0.717, 1.165) is 5.39 Å². The highest BCUT2D eigenvalue weighted by molar-refractivity contribution is 6.04. The molecule has 0 spiro atoms. The fourth-order valence-electron chi connectivity index (χ4n) is 2.22. The highest BCUT2D eigenvalue weighted by Gasteiger charge is 2.10. The number of aromatic nitrogens is 2. The third kappa shape index (κ3) is 3.89. The molecule has 0 saturated carbocycles. The molecule has 0 aliphatic rings. The van der Waals surface area contributed by atoms with Gasteiger partial charge in [0.05, 0.1) is 7.11 Å². The number of carbonyl (C=O) groups excluding carboxylic acids is 2. The molecule has 25 heavy (non-hydrogen) atoms. The molecule has 0 bridgehead atoms.